The smallest absolute Gasteiger partial charge is 0.393 e. The highest BCUT2D eigenvalue weighted by Crippen LogP contribution is 2.26. The van der Waals surface area contributed by atoms with Crippen molar-refractivity contribution in [3.05, 3.63) is 29.8 Å². The summed E-state index contributed by atoms with van der Waals surface area (Å²) in [7, 11) is 1.61. The summed E-state index contributed by atoms with van der Waals surface area (Å²) in [6.45, 7) is 0.426. The van der Waals surface area contributed by atoms with Crippen molar-refractivity contribution in [2.45, 2.75) is 38.0 Å². The molecule has 1 aromatic rings. The van der Waals surface area contributed by atoms with Crippen LogP contribution in [0.3, 0.4) is 0 Å². The van der Waals surface area contributed by atoms with Gasteiger partial charge in [0.15, 0.2) is 0 Å². The normalized spacial score (nSPS) is 21.3. The molecular formula is C16H21F3N2O2. The van der Waals surface area contributed by atoms with E-state index in [0.717, 1.165) is 19.3 Å². The van der Waals surface area contributed by atoms with Crippen molar-refractivity contribution in [2.75, 3.05) is 18.9 Å². The molecule has 1 aromatic carbocycles. The molecule has 2 unspecified atom stereocenters. The van der Waals surface area contributed by atoms with Crippen molar-refractivity contribution >= 4 is 11.7 Å². The van der Waals surface area contributed by atoms with Crippen LogP contribution in [0, 0.1) is 5.92 Å². The number of aliphatic hydroxyl groups is 1. The topological polar surface area (TPSA) is 52.6 Å². The summed E-state index contributed by atoms with van der Waals surface area (Å²) in [6, 6.07) is 5.34. The number of carbonyl (C=O) groups is 1. The number of urea groups is 1. The van der Waals surface area contributed by atoms with Gasteiger partial charge in [-0.1, -0.05) is 18.6 Å². The van der Waals surface area contributed by atoms with E-state index in [1.165, 1.54) is 23.1 Å². The van der Waals surface area contributed by atoms with E-state index in [0.29, 0.717) is 12.2 Å². The van der Waals surface area contributed by atoms with Gasteiger partial charge in [-0.15, -0.1) is 0 Å². The van der Waals surface area contributed by atoms with Gasteiger partial charge in [0.1, 0.15) is 0 Å². The van der Waals surface area contributed by atoms with E-state index in [4.69, 9.17) is 0 Å². The first-order valence-corrected chi connectivity index (χ1v) is 7.60. The number of alkyl halides is 3. The molecule has 0 saturated heterocycles. The third-order valence-corrected chi connectivity index (χ3v) is 4.06. The number of nitrogens with one attached hydrogen (secondary N) is 1. The molecule has 1 aliphatic carbocycles. The number of carbonyl (C=O) groups excluding carboxylic acids is 1. The van der Waals surface area contributed by atoms with Gasteiger partial charge >= 0.3 is 12.2 Å². The van der Waals surface area contributed by atoms with E-state index in [1.807, 2.05) is 0 Å². The molecule has 1 saturated carbocycles. The molecule has 7 heteroatoms. The van der Waals surface area contributed by atoms with E-state index in [2.05, 4.69) is 5.32 Å². The lowest BCUT2D eigenvalue weighted by Gasteiger charge is -2.23. The van der Waals surface area contributed by atoms with Crippen LogP contribution in [0.4, 0.5) is 23.7 Å². The second kappa shape index (κ2) is 7.21. The number of aliphatic hydroxyl groups excluding tert-OH is 1. The van der Waals surface area contributed by atoms with E-state index in [1.54, 1.807) is 13.1 Å². The summed E-state index contributed by atoms with van der Waals surface area (Å²) >= 11 is 0. The summed E-state index contributed by atoms with van der Waals surface area (Å²) in [5.74, 6) is 0.0577. The first-order valence-electron chi connectivity index (χ1n) is 7.60. The lowest BCUT2D eigenvalue weighted by Crippen LogP contribution is -2.37. The van der Waals surface area contributed by atoms with Crippen LogP contribution >= 0.6 is 0 Å². The van der Waals surface area contributed by atoms with Gasteiger partial charge in [-0.3, -0.25) is 0 Å². The average molecular weight is 330 g/mol. The number of hydrogen-bond donors (Lipinski definition) is 2. The first kappa shape index (κ1) is 17.6. The molecule has 0 aliphatic heterocycles. The van der Waals surface area contributed by atoms with Gasteiger partial charge in [0, 0.05) is 25.2 Å². The molecule has 1 fully saturated rings. The minimum absolute atomic E-state index is 0.0577. The fraction of sp³-hybridized carbons (Fsp3) is 0.562. The Kier molecular flexibility index (Phi) is 5.51. The van der Waals surface area contributed by atoms with Gasteiger partial charge in [0.05, 0.1) is 12.5 Å². The highest BCUT2D eigenvalue weighted by Gasteiger charge is 2.28. The first-order chi connectivity index (χ1) is 10.7. The Morgan fingerprint density at radius 2 is 2.13 bits per heavy atom. The van der Waals surface area contributed by atoms with Crippen LogP contribution in [0.5, 0.6) is 0 Å². The van der Waals surface area contributed by atoms with Crippen LogP contribution in [0.2, 0.25) is 0 Å². The molecular weight excluding hydrogens is 309 g/mol. The SMILES string of the molecule is CN(CC1CCCC1O)C(=O)Nc1cccc(CC(F)(F)F)c1. The van der Waals surface area contributed by atoms with Crippen LogP contribution in [-0.4, -0.2) is 41.9 Å². The maximum atomic E-state index is 12.4. The number of halogens is 3. The molecule has 128 valence electrons. The van der Waals surface area contributed by atoms with Crippen molar-refractivity contribution in [1.82, 2.24) is 4.90 Å². The van der Waals surface area contributed by atoms with Gasteiger partial charge < -0.3 is 15.3 Å². The van der Waals surface area contributed by atoms with Gasteiger partial charge in [-0.25, -0.2) is 4.79 Å². The minimum atomic E-state index is -4.28. The zero-order valence-corrected chi connectivity index (χ0v) is 12.9. The third kappa shape index (κ3) is 5.42. The fourth-order valence-corrected chi connectivity index (χ4v) is 2.87. The molecule has 0 heterocycles. The summed E-state index contributed by atoms with van der Waals surface area (Å²) < 4.78 is 37.2. The predicted molar refractivity (Wildman–Crippen MR) is 81.2 cm³/mol. The summed E-state index contributed by atoms with van der Waals surface area (Å²) in [5, 5.41) is 12.4. The standard InChI is InChI=1S/C16H21F3N2O2/c1-21(10-12-5-3-7-14(12)22)15(23)20-13-6-2-4-11(8-13)9-16(17,18)19/h2,4,6,8,12,14,22H,3,5,7,9-10H2,1H3,(H,20,23). The highest BCUT2D eigenvalue weighted by molar-refractivity contribution is 5.89. The maximum Gasteiger partial charge on any atom is 0.393 e. The largest absolute Gasteiger partial charge is 0.393 e. The lowest BCUT2D eigenvalue weighted by atomic mass is 10.1. The number of benzene rings is 1. The monoisotopic (exact) mass is 330 g/mol. The van der Waals surface area contributed by atoms with Gasteiger partial charge in [0.2, 0.25) is 0 Å². The Labute approximate surface area is 133 Å². The molecule has 2 rings (SSSR count). The number of anilines is 1. The van der Waals surface area contributed by atoms with Crippen LogP contribution in [0.15, 0.2) is 24.3 Å². The van der Waals surface area contributed by atoms with Crippen LogP contribution < -0.4 is 5.32 Å². The van der Waals surface area contributed by atoms with Crippen molar-refractivity contribution in [2.24, 2.45) is 5.92 Å². The lowest BCUT2D eigenvalue weighted by molar-refractivity contribution is -0.127. The molecule has 2 atom stereocenters. The van der Waals surface area contributed by atoms with Crippen LogP contribution in [0.25, 0.3) is 0 Å². The van der Waals surface area contributed by atoms with Gasteiger partial charge in [0.25, 0.3) is 0 Å². The molecule has 4 nitrogen and oxygen atoms in total. The minimum Gasteiger partial charge on any atom is -0.393 e. The Morgan fingerprint density at radius 3 is 2.74 bits per heavy atom. The van der Waals surface area contributed by atoms with E-state index in [-0.39, 0.29) is 17.6 Å². The van der Waals surface area contributed by atoms with Crippen molar-refractivity contribution in [3.63, 3.8) is 0 Å². The zero-order valence-electron chi connectivity index (χ0n) is 12.9. The second-order valence-electron chi connectivity index (χ2n) is 6.06. The summed E-state index contributed by atoms with van der Waals surface area (Å²) in [6.07, 6.45) is -3.13. The summed E-state index contributed by atoms with van der Waals surface area (Å²) in [5.41, 5.74) is 0.430. The highest BCUT2D eigenvalue weighted by atomic mass is 19.4. The van der Waals surface area contributed by atoms with Crippen LogP contribution in [-0.2, 0) is 6.42 Å². The van der Waals surface area contributed by atoms with Crippen LogP contribution in [0.1, 0.15) is 24.8 Å². The number of hydrogen-bond acceptors (Lipinski definition) is 2. The molecule has 1 aliphatic rings. The molecule has 0 bridgehead atoms. The fourth-order valence-electron chi connectivity index (χ4n) is 2.87. The van der Waals surface area contributed by atoms with Crippen molar-refractivity contribution < 1.29 is 23.1 Å². The molecule has 0 spiro atoms. The molecule has 23 heavy (non-hydrogen) atoms. The second-order valence-corrected chi connectivity index (χ2v) is 6.06. The van der Waals surface area contributed by atoms with E-state index < -0.39 is 18.6 Å². The quantitative estimate of drug-likeness (QED) is 0.889. The van der Waals surface area contributed by atoms with E-state index >= 15 is 0 Å². The molecule has 0 radical (unpaired) electrons. The zero-order chi connectivity index (χ0) is 17.0. The van der Waals surface area contributed by atoms with Crippen molar-refractivity contribution in [1.29, 1.82) is 0 Å². The maximum absolute atomic E-state index is 12.4. The number of rotatable bonds is 4. The third-order valence-electron chi connectivity index (χ3n) is 4.06. The number of amides is 2. The number of nitrogens with zero attached hydrogens (tertiary/aromatic N) is 1. The summed E-state index contributed by atoms with van der Waals surface area (Å²) in [4.78, 5) is 13.6. The molecule has 2 amide bonds. The Bertz CT molecular complexity index is 548. The Balaban J connectivity index is 1.92. The average Bonchev–Trinajstić information content (AvgIpc) is 2.82. The Morgan fingerprint density at radius 1 is 1.39 bits per heavy atom. The predicted octanol–water partition coefficient (Wildman–Crippen LogP) is 3.42. The van der Waals surface area contributed by atoms with Gasteiger partial charge in [-0.2, -0.15) is 13.2 Å². The van der Waals surface area contributed by atoms with Gasteiger partial charge in [-0.05, 0) is 30.5 Å². The molecule has 2 N–H and O–H groups in total. The molecule has 0 aromatic heterocycles. The van der Waals surface area contributed by atoms with E-state index in [9.17, 15) is 23.1 Å². The Hall–Kier alpha value is -1.76. The van der Waals surface area contributed by atoms with Crippen molar-refractivity contribution in [3.8, 4) is 0 Å².